The van der Waals surface area contributed by atoms with E-state index in [-0.39, 0.29) is 30.8 Å². The minimum Gasteiger partial charge on any atom is -0.490 e. The quantitative estimate of drug-likeness (QED) is 0.678. The topological polar surface area (TPSA) is 68.2 Å². The summed E-state index contributed by atoms with van der Waals surface area (Å²) in [7, 11) is 0. The lowest BCUT2D eigenvalue weighted by atomic mass is 9.96. The van der Waals surface area contributed by atoms with E-state index in [1.54, 1.807) is 24.3 Å². The van der Waals surface area contributed by atoms with Gasteiger partial charge in [0.05, 0.1) is 36.6 Å². The first-order valence-electron chi connectivity index (χ1n) is 9.55. The first-order valence-corrected chi connectivity index (χ1v) is 9.55. The molecule has 2 aliphatic rings. The molecule has 0 radical (unpaired) electrons. The van der Waals surface area contributed by atoms with E-state index in [2.05, 4.69) is 4.99 Å². The Labute approximate surface area is 175 Å². The van der Waals surface area contributed by atoms with Crippen molar-refractivity contribution in [1.29, 1.82) is 0 Å². The Hall–Kier alpha value is -2.86. The van der Waals surface area contributed by atoms with Crippen LogP contribution in [0.2, 0.25) is 0 Å². The van der Waals surface area contributed by atoms with Gasteiger partial charge in [-0.25, -0.2) is 0 Å². The summed E-state index contributed by atoms with van der Waals surface area (Å²) >= 11 is 0. The Bertz CT molecular complexity index is 952. The first kappa shape index (κ1) is 20.9. The fraction of sp³-hybridized carbons (Fsp3) is 0.318. The third kappa shape index (κ3) is 3.72. The molecular formula is C22H23ClN2O4. The molecule has 7 heteroatoms. The summed E-state index contributed by atoms with van der Waals surface area (Å²) in [6, 6.07) is 10.8. The van der Waals surface area contributed by atoms with Crippen LogP contribution in [0.4, 0.5) is 0 Å². The fourth-order valence-corrected chi connectivity index (χ4v) is 3.68. The van der Waals surface area contributed by atoms with Gasteiger partial charge in [0, 0.05) is 12.1 Å². The molecule has 0 N–H and O–H groups in total. The normalized spacial score (nSPS) is 14.7. The van der Waals surface area contributed by atoms with Crippen molar-refractivity contribution in [3.05, 3.63) is 58.7 Å². The summed E-state index contributed by atoms with van der Waals surface area (Å²) in [4.78, 5) is 31.3. The number of rotatable bonds is 6. The number of carbonyl (C=O) groups is 2. The Morgan fingerprint density at radius 3 is 2.10 bits per heavy atom. The number of hydrogen-bond donors (Lipinski definition) is 0. The van der Waals surface area contributed by atoms with Gasteiger partial charge in [0.2, 0.25) is 0 Å². The second-order valence-electron chi connectivity index (χ2n) is 6.64. The van der Waals surface area contributed by atoms with Gasteiger partial charge in [0.1, 0.15) is 0 Å². The zero-order chi connectivity index (χ0) is 19.7. The summed E-state index contributed by atoms with van der Waals surface area (Å²) in [5.41, 5.74) is 3.62. The molecule has 0 saturated heterocycles. The SMILES string of the molecule is CCOc1cc2c(cc1OCC)C(CN1C(=O)c3ccccc3C1=O)=NCC2.Cl. The molecule has 0 aromatic heterocycles. The van der Waals surface area contributed by atoms with Crippen molar-refractivity contribution in [3.63, 3.8) is 0 Å². The molecule has 2 aromatic rings. The van der Waals surface area contributed by atoms with Crippen LogP contribution in [0.15, 0.2) is 41.4 Å². The van der Waals surface area contributed by atoms with Gasteiger partial charge in [-0.15, -0.1) is 12.4 Å². The van der Waals surface area contributed by atoms with Crippen LogP contribution < -0.4 is 9.47 Å². The molecule has 29 heavy (non-hydrogen) atoms. The molecule has 2 aliphatic heterocycles. The number of fused-ring (bicyclic) bond motifs is 2. The monoisotopic (exact) mass is 414 g/mol. The number of aliphatic imine (C=N–C) groups is 1. The third-order valence-corrected chi connectivity index (χ3v) is 4.95. The summed E-state index contributed by atoms with van der Waals surface area (Å²) in [5, 5.41) is 0. The van der Waals surface area contributed by atoms with Gasteiger partial charge in [-0.05, 0) is 50.1 Å². The van der Waals surface area contributed by atoms with Gasteiger partial charge in [-0.3, -0.25) is 19.5 Å². The minimum atomic E-state index is -0.272. The number of imide groups is 1. The average Bonchev–Trinajstić information content (AvgIpc) is 2.94. The Balaban J connectivity index is 0.00000240. The minimum absolute atomic E-state index is 0. The van der Waals surface area contributed by atoms with Gasteiger partial charge < -0.3 is 9.47 Å². The number of benzene rings is 2. The number of hydrogen-bond acceptors (Lipinski definition) is 5. The smallest absolute Gasteiger partial charge is 0.261 e. The number of ether oxygens (including phenoxy) is 2. The molecule has 0 saturated carbocycles. The number of amides is 2. The Morgan fingerprint density at radius 2 is 1.52 bits per heavy atom. The van der Waals surface area contributed by atoms with Crippen molar-refractivity contribution in [2.24, 2.45) is 4.99 Å². The molecular weight excluding hydrogens is 392 g/mol. The second kappa shape index (κ2) is 8.66. The molecule has 0 atom stereocenters. The van der Waals surface area contributed by atoms with Gasteiger partial charge >= 0.3 is 0 Å². The van der Waals surface area contributed by atoms with E-state index in [1.807, 2.05) is 26.0 Å². The number of carbonyl (C=O) groups excluding carboxylic acids is 2. The largest absolute Gasteiger partial charge is 0.490 e. The van der Waals surface area contributed by atoms with Crippen molar-refractivity contribution in [3.8, 4) is 11.5 Å². The van der Waals surface area contributed by atoms with Crippen LogP contribution in [0, 0.1) is 0 Å². The van der Waals surface area contributed by atoms with Crippen molar-refractivity contribution in [2.75, 3.05) is 26.3 Å². The molecule has 2 amide bonds. The highest BCUT2D eigenvalue weighted by Gasteiger charge is 2.36. The zero-order valence-corrected chi connectivity index (χ0v) is 17.3. The number of halogens is 1. The molecule has 0 fully saturated rings. The van der Waals surface area contributed by atoms with Crippen molar-refractivity contribution < 1.29 is 19.1 Å². The molecule has 2 aromatic carbocycles. The highest BCUT2D eigenvalue weighted by molar-refractivity contribution is 6.23. The van der Waals surface area contributed by atoms with Crippen molar-refractivity contribution in [1.82, 2.24) is 4.90 Å². The van der Waals surface area contributed by atoms with E-state index in [1.165, 1.54) is 4.90 Å². The van der Waals surface area contributed by atoms with Crippen molar-refractivity contribution >= 4 is 29.9 Å². The second-order valence-corrected chi connectivity index (χ2v) is 6.64. The predicted molar refractivity (Wildman–Crippen MR) is 113 cm³/mol. The van der Waals surface area contributed by atoms with E-state index in [9.17, 15) is 9.59 Å². The highest BCUT2D eigenvalue weighted by Crippen LogP contribution is 2.34. The molecule has 152 valence electrons. The summed E-state index contributed by atoms with van der Waals surface area (Å²) in [5.74, 6) is 0.822. The lowest BCUT2D eigenvalue weighted by Gasteiger charge is -2.23. The van der Waals surface area contributed by atoms with Gasteiger partial charge in [-0.1, -0.05) is 12.1 Å². The molecule has 0 unspecified atom stereocenters. The van der Waals surface area contributed by atoms with Crippen LogP contribution in [-0.2, 0) is 6.42 Å². The lowest BCUT2D eigenvalue weighted by Crippen LogP contribution is -2.36. The lowest BCUT2D eigenvalue weighted by molar-refractivity contribution is 0.0677. The maximum absolute atomic E-state index is 12.7. The van der Waals surface area contributed by atoms with Gasteiger partial charge in [-0.2, -0.15) is 0 Å². The standard InChI is InChI=1S/C22H22N2O4.ClH/c1-3-27-19-11-14-9-10-23-18(17(14)12-20(19)28-4-2)13-24-21(25)15-7-5-6-8-16(15)22(24)26;/h5-8,11-12H,3-4,9-10,13H2,1-2H3;1H. The molecule has 0 aliphatic carbocycles. The fourth-order valence-electron chi connectivity index (χ4n) is 3.68. The first-order chi connectivity index (χ1) is 13.6. The number of nitrogens with zero attached hydrogens (tertiary/aromatic N) is 2. The van der Waals surface area contributed by atoms with E-state index in [0.29, 0.717) is 42.4 Å². The van der Waals surface area contributed by atoms with Crippen molar-refractivity contribution in [2.45, 2.75) is 20.3 Å². The van der Waals surface area contributed by atoms with Crippen LogP contribution in [0.3, 0.4) is 0 Å². The molecule has 2 heterocycles. The maximum Gasteiger partial charge on any atom is 0.261 e. The van der Waals surface area contributed by atoms with Gasteiger partial charge in [0.25, 0.3) is 11.8 Å². The van der Waals surface area contributed by atoms with Crippen LogP contribution in [0.5, 0.6) is 11.5 Å². The van der Waals surface area contributed by atoms with Crippen LogP contribution in [0.1, 0.15) is 45.7 Å². The Kier molecular flexibility index (Phi) is 6.23. The zero-order valence-electron chi connectivity index (χ0n) is 16.4. The van der Waals surface area contributed by atoms with E-state index in [4.69, 9.17) is 9.47 Å². The molecule has 0 bridgehead atoms. The van der Waals surface area contributed by atoms with Gasteiger partial charge in [0.15, 0.2) is 11.5 Å². The van der Waals surface area contributed by atoms with Crippen LogP contribution in [0.25, 0.3) is 0 Å². The van der Waals surface area contributed by atoms with E-state index in [0.717, 1.165) is 23.3 Å². The van der Waals surface area contributed by atoms with Crippen LogP contribution >= 0.6 is 12.4 Å². The molecule has 6 nitrogen and oxygen atoms in total. The average molecular weight is 415 g/mol. The predicted octanol–water partition coefficient (Wildman–Crippen LogP) is 3.55. The summed E-state index contributed by atoms with van der Waals surface area (Å²) < 4.78 is 11.5. The van der Waals surface area contributed by atoms with E-state index >= 15 is 0 Å². The molecule has 0 spiro atoms. The van der Waals surface area contributed by atoms with E-state index < -0.39 is 0 Å². The molecule has 4 rings (SSSR count). The Morgan fingerprint density at radius 1 is 0.931 bits per heavy atom. The highest BCUT2D eigenvalue weighted by atomic mass is 35.5. The summed E-state index contributed by atoms with van der Waals surface area (Å²) in [6.07, 6.45) is 0.785. The maximum atomic E-state index is 12.7. The summed E-state index contributed by atoms with van der Waals surface area (Å²) in [6.45, 7) is 5.69. The third-order valence-electron chi connectivity index (χ3n) is 4.95. The van der Waals surface area contributed by atoms with Crippen LogP contribution in [-0.4, -0.2) is 48.7 Å².